The number of nitrogens with zero attached hydrogens (tertiary/aromatic N) is 1. The highest BCUT2D eigenvalue weighted by molar-refractivity contribution is 4.61. The van der Waals surface area contributed by atoms with Crippen molar-refractivity contribution in [3.63, 3.8) is 0 Å². The highest BCUT2D eigenvalue weighted by atomic mass is 16.5. The Morgan fingerprint density at radius 1 is 0.750 bits per heavy atom. The van der Waals surface area contributed by atoms with E-state index in [1.54, 1.807) is 0 Å². The summed E-state index contributed by atoms with van der Waals surface area (Å²) in [6, 6.07) is 0. The van der Waals surface area contributed by atoms with Crippen molar-refractivity contribution in [3.8, 4) is 0 Å². The van der Waals surface area contributed by atoms with Gasteiger partial charge in [0.2, 0.25) is 0 Å². The Balaban J connectivity index is 3.49. The van der Waals surface area contributed by atoms with Crippen molar-refractivity contribution in [3.05, 3.63) is 0 Å². The summed E-state index contributed by atoms with van der Waals surface area (Å²) in [5, 5.41) is 0. The summed E-state index contributed by atoms with van der Waals surface area (Å²) >= 11 is 0. The zero-order chi connectivity index (χ0) is 12.8. The first-order valence-corrected chi connectivity index (χ1v) is 6.07. The smallest absolute Gasteiger partial charge is 0.0600 e. The van der Waals surface area contributed by atoms with Crippen LogP contribution in [0.15, 0.2) is 0 Å². The summed E-state index contributed by atoms with van der Waals surface area (Å²) in [5.74, 6) is 0. The van der Waals surface area contributed by atoms with Crippen LogP contribution in [-0.2, 0) is 9.47 Å². The Morgan fingerprint density at radius 2 is 1.06 bits per heavy atom. The van der Waals surface area contributed by atoms with Gasteiger partial charge in [0.05, 0.1) is 24.4 Å². The lowest BCUT2D eigenvalue weighted by Gasteiger charge is -2.24. The predicted molar refractivity (Wildman–Crippen MR) is 68.9 cm³/mol. The minimum atomic E-state index is -0.0389. The highest BCUT2D eigenvalue weighted by Crippen LogP contribution is 2.07. The van der Waals surface area contributed by atoms with Gasteiger partial charge in [-0.3, -0.25) is 0 Å². The maximum absolute atomic E-state index is 5.66. The van der Waals surface area contributed by atoms with Crippen LogP contribution >= 0.6 is 0 Å². The second-order valence-electron chi connectivity index (χ2n) is 6.22. The Bertz CT molecular complexity index is 159. The molecule has 16 heavy (non-hydrogen) atoms. The average Bonchev–Trinajstić information content (AvgIpc) is 1.98. The molecular weight excluding hydrogens is 202 g/mol. The molecule has 0 aromatic rings. The molecule has 0 rings (SSSR count). The van der Waals surface area contributed by atoms with Crippen molar-refractivity contribution >= 4 is 0 Å². The van der Waals surface area contributed by atoms with Gasteiger partial charge in [-0.25, -0.2) is 0 Å². The van der Waals surface area contributed by atoms with Crippen LogP contribution in [0.2, 0.25) is 0 Å². The summed E-state index contributed by atoms with van der Waals surface area (Å²) < 4.78 is 11.3. The Morgan fingerprint density at radius 3 is 1.31 bits per heavy atom. The van der Waals surface area contributed by atoms with E-state index in [4.69, 9.17) is 9.47 Å². The Hall–Kier alpha value is -0.120. The molecule has 0 aliphatic carbocycles. The molecule has 0 fully saturated rings. The third-order valence-electron chi connectivity index (χ3n) is 2.02. The van der Waals surface area contributed by atoms with E-state index in [9.17, 15) is 0 Å². The van der Waals surface area contributed by atoms with Gasteiger partial charge in [0, 0.05) is 13.1 Å². The third kappa shape index (κ3) is 12.0. The number of hydrogen-bond acceptors (Lipinski definition) is 3. The van der Waals surface area contributed by atoms with Gasteiger partial charge in [-0.05, 0) is 48.6 Å². The van der Waals surface area contributed by atoms with E-state index in [0.29, 0.717) is 0 Å². The number of likely N-dealkylation sites (N-methyl/N-ethyl adjacent to an activating group) is 1. The van der Waals surface area contributed by atoms with Gasteiger partial charge in [0.1, 0.15) is 0 Å². The SMILES string of the molecule is CN(CCOC(C)(C)C)CCOC(C)(C)C. The summed E-state index contributed by atoms with van der Waals surface area (Å²) in [7, 11) is 2.10. The van der Waals surface area contributed by atoms with Crippen molar-refractivity contribution in [2.75, 3.05) is 33.4 Å². The second kappa shape index (κ2) is 6.58. The Kier molecular flexibility index (Phi) is 6.53. The fraction of sp³-hybridized carbons (Fsp3) is 1.00. The lowest BCUT2D eigenvalue weighted by molar-refractivity contribution is -0.0265. The topological polar surface area (TPSA) is 21.7 Å². The zero-order valence-electron chi connectivity index (χ0n) is 12.1. The first-order chi connectivity index (χ1) is 7.10. The summed E-state index contributed by atoms with van der Waals surface area (Å²) in [5.41, 5.74) is -0.0779. The Labute approximate surface area is 101 Å². The number of hydrogen-bond donors (Lipinski definition) is 0. The van der Waals surface area contributed by atoms with Crippen LogP contribution in [0, 0.1) is 0 Å². The van der Waals surface area contributed by atoms with Gasteiger partial charge in [0.15, 0.2) is 0 Å². The van der Waals surface area contributed by atoms with Crippen molar-refractivity contribution in [2.45, 2.75) is 52.7 Å². The minimum absolute atomic E-state index is 0.0389. The van der Waals surface area contributed by atoms with Gasteiger partial charge in [-0.15, -0.1) is 0 Å². The van der Waals surface area contributed by atoms with Crippen LogP contribution in [-0.4, -0.2) is 49.5 Å². The number of ether oxygens (including phenoxy) is 2. The lowest BCUT2D eigenvalue weighted by atomic mass is 10.2. The summed E-state index contributed by atoms with van der Waals surface area (Å²) in [4.78, 5) is 2.23. The van der Waals surface area contributed by atoms with E-state index in [0.717, 1.165) is 26.3 Å². The summed E-state index contributed by atoms with van der Waals surface area (Å²) in [6.07, 6.45) is 0. The molecule has 3 heteroatoms. The standard InChI is InChI=1S/C13H29NO2/c1-12(2,3)15-10-8-14(7)9-11-16-13(4,5)6/h8-11H2,1-7H3. The molecule has 0 radical (unpaired) electrons. The molecule has 0 aliphatic heterocycles. The highest BCUT2D eigenvalue weighted by Gasteiger charge is 2.11. The number of rotatable bonds is 6. The molecule has 0 bridgehead atoms. The van der Waals surface area contributed by atoms with Crippen LogP contribution in [0.5, 0.6) is 0 Å². The van der Waals surface area contributed by atoms with Gasteiger partial charge in [0.25, 0.3) is 0 Å². The molecule has 0 aliphatic rings. The third-order valence-corrected chi connectivity index (χ3v) is 2.02. The fourth-order valence-electron chi connectivity index (χ4n) is 1.13. The molecule has 98 valence electrons. The van der Waals surface area contributed by atoms with Crippen LogP contribution in [0.4, 0.5) is 0 Å². The van der Waals surface area contributed by atoms with E-state index in [2.05, 4.69) is 53.5 Å². The maximum Gasteiger partial charge on any atom is 0.0600 e. The molecule has 0 saturated carbocycles. The van der Waals surface area contributed by atoms with Crippen LogP contribution in [0.3, 0.4) is 0 Å². The van der Waals surface area contributed by atoms with Crippen LogP contribution in [0.25, 0.3) is 0 Å². The van der Waals surface area contributed by atoms with Gasteiger partial charge in [-0.2, -0.15) is 0 Å². The van der Waals surface area contributed by atoms with Gasteiger partial charge < -0.3 is 14.4 Å². The molecule has 0 aromatic heterocycles. The molecule has 0 amide bonds. The lowest BCUT2D eigenvalue weighted by Crippen LogP contribution is -2.32. The van der Waals surface area contributed by atoms with Crippen LogP contribution < -0.4 is 0 Å². The predicted octanol–water partition coefficient (Wildman–Crippen LogP) is 2.55. The first kappa shape index (κ1) is 15.9. The first-order valence-electron chi connectivity index (χ1n) is 6.07. The summed E-state index contributed by atoms with van der Waals surface area (Å²) in [6.45, 7) is 15.9. The minimum Gasteiger partial charge on any atom is -0.375 e. The molecule has 0 atom stereocenters. The zero-order valence-corrected chi connectivity index (χ0v) is 12.1. The van der Waals surface area contributed by atoms with E-state index < -0.39 is 0 Å². The molecule has 0 aromatic carbocycles. The van der Waals surface area contributed by atoms with Gasteiger partial charge >= 0.3 is 0 Å². The van der Waals surface area contributed by atoms with Gasteiger partial charge in [-0.1, -0.05) is 0 Å². The van der Waals surface area contributed by atoms with E-state index >= 15 is 0 Å². The van der Waals surface area contributed by atoms with Crippen molar-refractivity contribution in [1.29, 1.82) is 0 Å². The molecule has 0 heterocycles. The molecule has 0 unspecified atom stereocenters. The van der Waals surface area contributed by atoms with Crippen molar-refractivity contribution in [1.82, 2.24) is 4.90 Å². The molecule has 3 nitrogen and oxygen atoms in total. The second-order valence-corrected chi connectivity index (χ2v) is 6.22. The van der Waals surface area contributed by atoms with E-state index in [-0.39, 0.29) is 11.2 Å². The van der Waals surface area contributed by atoms with E-state index in [1.807, 2.05) is 0 Å². The monoisotopic (exact) mass is 231 g/mol. The van der Waals surface area contributed by atoms with Crippen LogP contribution in [0.1, 0.15) is 41.5 Å². The van der Waals surface area contributed by atoms with Crippen molar-refractivity contribution in [2.24, 2.45) is 0 Å². The molecule has 0 spiro atoms. The van der Waals surface area contributed by atoms with Crippen molar-refractivity contribution < 1.29 is 9.47 Å². The molecular formula is C13H29NO2. The average molecular weight is 231 g/mol. The quantitative estimate of drug-likeness (QED) is 0.701. The molecule has 0 saturated heterocycles. The normalized spacial score (nSPS) is 13.5. The fourth-order valence-corrected chi connectivity index (χ4v) is 1.13. The maximum atomic E-state index is 5.66. The largest absolute Gasteiger partial charge is 0.375 e. The molecule has 0 N–H and O–H groups in total. The van der Waals surface area contributed by atoms with E-state index in [1.165, 1.54) is 0 Å².